The van der Waals surface area contributed by atoms with Crippen LogP contribution in [0.4, 0.5) is 5.00 Å². The summed E-state index contributed by atoms with van der Waals surface area (Å²) in [4.78, 5) is 4.70. The van der Waals surface area contributed by atoms with Crippen molar-refractivity contribution in [3.05, 3.63) is 28.9 Å². The molecule has 1 aromatic carbocycles. The van der Waals surface area contributed by atoms with Crippen molar-refractivity contribution in [1.82, 2.24) is 13.9 Å². The molecule has 0 atom stereocenters. The highest BCUT2D eigenvalue weighted by atomic mass is 35.5. The van der Waals surface area contributed by atoms with Gasteiger partial charge in [0.2, 0.25) is 0 Å². The van der Waals surface area contributed by atoms with Crippen molar-refractivity contribution >= 4 is 39.2 Å². The number of rotatable bonds is 2. The third-order valence-electron chi connectivity index (χ3n) is 3.16. The molecule has 0 radical (unpaired) electrons. The molecule has 0 saturated carbocycles. The van der Waals surface area contributed by atoms with E-state index >= 15 is 0 Å². The second-order valence-corrected chi connectivity index (χ2v) is 5.56. The average Bonchev–Trinajstić information content (AvgIpc) is 2.91. The van der Waals surface area contributed by atoms with Crippen molar-refractivity contribution < 1.29 is 0 Å². The highest BCUT2D eigenvalue weighted by Gasteiger charge is 2.18. The summed E-state index contributed by atoms with van der Waals surface area (Å²) in [5.41, 5.74) is 4.01. The summed E-state index contributed by atoms with van der Waals surface area (Å²) < 4.78 is 6.45. The maximum absolute atomic E-state index is 6.05. The Morgan fingerprint density at radius 2 is 2.16 bits per heavy atom. The fourth-order valence-electron chi connectivity index (χ4n) is 2.19. The molecule has 98 valence electrons. The van der Waals surface area contributed by atoms with E-state index in [0.29, 0.717) is 0 Å². The number of aromatic nitrogens is 3. The highest BCUT2D eigenvalue weighted by Crippen LogP contribution is 2.35. The smallest absolute Gasteiger partial charge is 0.145 e. The maximum Gasteiger partial charge on any atom is 0.145 e. The van der Waals surface area contributed by atoms with Gasteiger partial charge < -0.3 is 9.88 Å². The van der Waals surface area contributed by atoms with Crippen LogP contribution in [0.25, 0.3) is 22.4 Å². The highest BCUT2D eigenvalue weighted by molar-refractivity contribution is 7.10. The van der Waals surface area contributed by atoms with Gasteiger partial charge in [-0.15, -0.1) is 0 Å². The van der Waals surface area contributed by atoms with Gasteiger partial charge in [-0.3, -0.25) is 0 Å². The van der Waals surface area contributed by atoms with Gasteiger partial charge in [-0.1, -0.05) is 11.6 Å². The summed E-state index contributed by atoms with van der Waals surface area (Å²) >= 11 is 7.50. The molecule has 1 N–H and O–H groups in total. The first kappa shape index (κ1) is 12.4. The Balaban J connectivity index is 2.31. The van der Waals surface area contributed by atoms with E-state index in [9.17, 15) is 0 Å². The lowest BCUT2D eigenvalue weighted by Crippen LogP contribution is -1.96. The van der Waals surface area contributed by atoms with E-state index in [4.69, 9.17) is 16.6 Å². The van der Waals surface area contributed by atoms with Crippen LogP contribution in [-0.4, -0.2) is 21.0 Å². The number of halogens is 1. The van der Waals surface area contributed by atoms with Gasteiger partial charge >= 0.3 is 0 Å². The molecule has 3 aromatic rings. The van der Waals surface area contributed by atoms with Crippen LogP contribution in [0.1, 0.15) is 5.69 Å². The van der Waals surface area contributed by atoms with E-state index in [0.717, 1.165) is 38.1 Å². The van der Waals surface area contributed by atoms with E-state index in [1.807, 2.05) is 39.2 Å². The van der Waals surface area contributed by atoms with Crippen LogP contribution in [0, 0.1) is 6.92 Å². The van der Waals surface area contributed by atoms with Crippen LogP contribution in [0.2, 0.25) is 5.02 Å². The Labute approximate surface area is 120 Å². The minimum absolute atomic E-state index is 0.719. The molecule has 0 saturated heterocycles. The first-order valence-corrected chi connectivity index (χ1v) is 7.03. The first-order valence-electron chi connectivity index (χ1n) is 5.88. The lowest BCUT2D eigenvalue weighted by atomic mass is 10.2. The summed E-state index contributed by atoms with van der Waals surface area (Å²) in [7, 11) is 3.90. The van der Waals surface area contributed by atoms with Crippen LogP contribution >= 0.6 is 23.1 Å². The van der Waals surface area contributed by atoms with Crippen LogP contribution in [0.3, 0.4) is 0 Å². The van der Waals surface area contributed by atoms with E-state index in [1.54, 1.807) is 0 Å². The van der Waals surface area contributed by atoms with Crippen LogP contribution in [0.15, 0.2) is 18.2 Å². The number of fused-ring (bicyclic) bond motifs is 1. The standard InChI is InChI=1S/C13H13ClN4S/c1-7-11(13(15-2)19-17-7)12-16-9-5-4-8(14)6-10(9)18(12)3/h4-6,15H,1-3H3. The Morgan fingerprint density at radius 1 is 1.37 bits per heavy atom. The van der Waals surface area contributed by atoms with Gasteiger partial charge in [0.25, 0.3) is 0 Å². The number of nitrogens with zero attached hydrogens (tertiary/aromatic N) is 3. The fourth-order valence-corrected chi connectivity index (χ4v) is 3.10. The third-order valence-corrected chi connectivity index (χ3v) is 4.35. The minimum Gasteiger partial charge on any atom is -0.378 e. The number of hydrogen-bond acceptors (Lipinski definition) is 4. The van der Waals surface area contributed by atoms with Crippen molar-refractivity contribution in [1.29, 1.82) is 0 Å². The largest absolute Gasteiger partial charge is 0.378 e. The molecule has 0 amide bonds. The van der Waals surface area contributed by atoms with Crippen molar-refractivity contribution in [2.24, 2.45) is 7.05 Å². The molecule has 0 bridgehead atoms. The number of anilines is 1. The monoisotopic (exact) mass is 292 g/mol. The van der Waals surface area contributed by atoms with Crippen LogP contribution < -0.4 is 5.32 Å². The van der Waals surface area contributed by atoms with Crippen molar-refractivity contribution in [2.45, 2.75) is 6.92 Å². The zero-order valence-corrected chi connectivity index (χ0v) is 12.4. The Morgan fingerprint density at radius 3 is 2.89 bits per heavy atom. The van der Waals surface area contributed by atoms with E-state index in [-0.39, 0.29) is 0 Å². The van der Waals surface area contributed by atoms with Crippen molar-refractivity contribution in [3.63, 3.8) is 0 Å². The summed E-state index contributed by atoms with van der Waals surface area (Å²) in [6, 6.07) is 5.73. The summed E-state index contributed by atoms with van der Waals surface area (Å²) in [5, 5.41) is 4.92. The van der Waals surface area contributed by atoms with Gasteiger partial charge in [0, 0.05) is 19.1 Å². The molecule has 6 heteroatoms. The lowest BCUT2D eigenvalue weighted by molar-refractivity contribution is 0.957. The van der Waals surface area contributed by atoms with Gasteiger partial charge in [0.15, 0.2) is 0 Å². The molecule has 0 aliphatic carbocycles. The van der Waals surface area contributed by atoms with Gasteiger partial charge in [0.1, 0.15) is 10.8 Å². The number of benzene rings is 1. The van der Waals surface area contributed by atoms with Gasteiger partial charge in [0.05, 0.1) is 22.3 Å². The van der Waals surface area contributed by atoms with E-state index < -0.39 is 0 Å². The zero-order chi connectivity index (χ0) is 13.6. The second-order valence-electron chi connectivity index (χ2n) is 4.35. The third kappa shape index (κ3) is 1.89. The second kappa shape index (κ2) is 4.51. The minimum atomic E-state index is 0.719. The Kier molecular flexibility index (Phi) is 2.95. The van der Waals surface area contributed by atoms with E-state index in [2.05, 4.69) is 14.3 Å². The van der Waals surface area contributed by atoms with Gasteiger partial charge in [-0.2, -0.15) is 4.37 Å². The van der Waals surface area contributed by atoms with Crippen LogP contribution in [0.5, 0.6) is 0 Å². The average molecular weight is 293 g/mol. The van der Waals surface area contributed by atoms with Crippen molar-refractivity contribution in [2.75, 3.05) is 12.4 Å². The molecular weight excluding hydrogens is 280 g/mol. The summed E-state index contributed by atoms with van der Waals surface area (Å²) in [6.07, 6.45) is 0. The Bertz CT molecular complexity index is 759. The molecule has 0 aliphatic heterocycles. The molecule has 0 aliphatic rings. The molecule has 2 aromatic heterocycles. The molecule has 0 spiro atoms. The molecule has 19 heavy (non-hydrogen) atoms. The normalized spacial score (nSPS) is 11.2. The Hall–Kier alpha value is -1.59. The maximum atomic E-state index is 6.05. The number of aryl methyl sites for hydroxylation is 2. The molecule has 4 nitrogen and oxygen atoms in total. The predicted molar refractivity (Wildman–Crippen MR) is 81.1 cm³/mol. The van der Waals surface area contributed by atoms with E-state index in [1.165, 1.54) is 11.5 Å². The predicted octanol–water partition coefficient (Wildman–Crippen LogP) is 3.70. The number of hydrogen-bond donors (Lipinski definition) is 1. The summed E-state index contributed by atoms with van der Waals surface area (Å²) in [6.45, 7) is 2.00. The number of nitrogens with one attached hydrogen (secondary N) is 1. The SMILES string of the molecule is CNc1snc(C)c1-c1nc2ccc(Cl)cc2n1C. The quantitative estimate of drug-likeness (QED) is 0.783. The zero-order valence-electron chi connectivity index (χ0n) is 10.9. The lowest BCUT2D eigenvalue weighted by Gasteiger charge is -2.04. The fraction of sp³-hybridized carbons (Fsp3) is 0.231. The van der Waals surface area contributed by atoms with Gasteiger partial charge in [-0.05, 0) is 36.7 Å². The molecule has 2 heterocycles. The molecule has 0 fully saturated rings. The number of imidazole rings is 1. The van der Waals surface area contributed by atoms with Crippen LogP contribution in [-0.2, 0) is 7.05 Å². The first-order chi connectivity index (χ1) is 9.11. The van der Waals surface area contributed by atoms with Crippen molar-refractivity contribution in [3.8, 4) is 11.4 Å². The summed E-state index contributed by atoms with van der Waals surface area (Å²) in [5.74, 6) is 0.910. The molecule has 3 rings (SSSR count). The molecule has 0 unspecified atom stereocenters. The van der Waals surface area contributed by atoms with Gasteiger partial charge in [-0.25, -0.2) is 4.98 Å². The topological polar surface area (TPSA) is 42.7 Å². The molecular formula is C13H13ClN4S.